The van der Waals surface area contributed by atoms with Crippen LogP contribution in [0.15, 0.2) is 47.3 Å². The molecular weight excluding hydrogens is 767 g/mol. The van der Waals surface area contributed by atoms with E-state index in [2.05, 4.69) is 26.6 Å². The zero-order valence-corrected chi connectivity index (χ0v) is 32.3. The van der Waals surface area contributed by atoms with E-state index >= 15 is 4.39 Å². The van der Waals surface area contributed by atoms with Gasteiger partial charge in [0.25, 0.3) is 5.56 Å². The molecule has 0 radical (unpaired) electrons. The lowest BCUT2D eigenvalue weighted by Crippen LogP contribution is -2.52. The first-order valence-corrected chi connectivity index (χ1v) is 19.2. The lowest BCUT2D eigenvalue weighted by atomic mass is 9.81. The molecule has 59 heavy (non-hydrogen) atoms. The van der Waals surface area contributed by atoms with Gasteiger partial charge in [-0.1, -0.05) is 37.3 Å². The number of amides is 5. The zero-order valence-electron chi connectivity index (χ0n) is 32.3. The molecule has 3 atom stereocenters. The highest BCUT2D eigenvalue weighted by Gasteiger charge is 2.46. The van der Waals surface area contributed by atoms with Crippen molar-refractivity contribution < 1.29 is 43.0 Å². The molecule has 0 saturated heterocycles. The first-order valence-electron chi connectivity index (χ1n) is 19.2. The highest BCUT2D eigenvalue weighted by Crippen LogP contribution is 2.46. The molecule has 0 saturated carbocycles. The third-order valence-electron chi connectivity index (χ3n) is 11.1. The maximum Gasteiger partial charge on any atom is 0.343 e. The maximum atomic E-state index is 15.3. The summed E-state index contributed by atoms with van der Waals surface area (Å²) in [5.74, 6) is -4.43. The molecule has 5 amide bonds. The van der Waals surface area contributed by atoms with Gasteiger partial charge in [0.15, 0.2) is 5.60 Å². The summed E-state index contributed by atoms with van der Waals surface area (Å²) in [5, 5.41) is 24.8. The number of carbonyl (C=O) groups excluding carboxylic acids is 6. The van der Waals surface area contributed by atoms with E-state index in [-0.39, 0.29) is 43.7 Å². The van der Waals surface area contributed by atoms with Crippen molar-refractivity contribution in [3.05, 3.63) is 97.6 Å². The molecule has 18 heteroatoms. The van der Waals surface area contributed by atoms with Gasteiger partial charge in [0.2, 0.25) is 29.5 Å². The molecule has 0 fully saturated rings. The minimum atomic E-state index is -2.04. The summed E-state index contributed by atoms with van der Waals surface area (Å²) in [7, 11) is 0. The minimum Gasteiger partial charge on any atom is -0.458 e. The van der Waals surface area contributed by atoms with Crippen LogP contribution in [-0.2, 0) is 65.1 Å². The second kappa shape index (κ2) is 16.4. The van der Waals surface area contributed by atoms with E-state index in [1.807, 2.05) is 0 Å². The Balaban J connectivity index is 1.07. The van der Waals surface area contributed by atoms with E-state index < -0.39 is 84.2 Å². The van der Waals surface area contributed by atoms with Crippen molar-refractivity contribution >= 4 is 46.4 Å². The van der Waals surface area contributed by atoms with Crippen molar-refractivity contribution in [2.45, 2.75) is 70.4 Å². The number of aliphatic hydroxyl groups is 1. The van der Waals surface area contributed by atoms with Crippen molar-refractivity contribution in [1.29, 1.82) is 0 Å². The first-order chi connectivity index (χ1) is 28.2. The summed E-state index contributed by atoms with van der Waals surface area (Å²) in [6.45, 7) is 1.32. The zero-order chi connectivity index (χ0) is 42.2. The van der Waals surface area contributed by atoms with E-state index in [4.69, 9.17) is 15.5 Å². The number of carbonyl (C=O) groups is 6. The fourth-order valence-corrected chi connectivity index (χ4v) is 8.03. The molecule has 2 aromatic carbocycles. The molecule has 308 valence electrons. The summed E-state index contributed by atoms with van der Waals surface area (Å²) in [4.78, 5) is 94.9. The molecule has 4 heterocycles. The Labute approximate surface area is 336 Å². The number of benzene rings is 2. The van der Waals surface area contributed by atoms with Gasteiger partial charge in [0, 0.05) is 29.0 Å². The van der Waals surface area contributed by atoms with E-state index in [1.54, 1.807) is 50.2 Å². The standard InChI is InChI=1S/C41H43FN8O9/c1-3-41(58)25-12-30-37-23(18-50(30)39(56)24(25)19-59-40(41)57)36-27(10-9-22-20(2)26(42)13-28(49-37)35(22)36)47-33(53)17-45-32(52)15-46-38(55)29(11-21-7-5-4-6-8-21)48-34(54)16-44-31(51)14-43/h4-8,12-13,27,29,58H,3,9-11,14-19,43H2,1-2H3,(H,44,51)(H,45,52)(H,46,55)(H,47,53)(H,48,54)/t27-,29-,41-/m0/s1. The Kier molecular flexibility index (Phi) is 11.3. The molecule has 0 unspecified atom stereocenters. The first kappa shape index (κ1) is 40.7. The molecule has 2 aliphatic heterocycles. The monoisotopic (exact) mass is 810 g/mol. The van der Waals surface area contributed by atoms with Crippen molar-refractivity contribution in [2.24, 2.45) is 5.73 Å². The molecule has 7 rings (SSSR count). The van der Waals surface area contributed by atoms with Crippen molar-refractivity contribution in [3.8, 4) is 11.4 Å². The number of pyridine rings is 2. The lowest BCUT2D eigenvalue weighted by Gasteiger charge is -2.31. The SMILES string of the molecule is CC[C@@]1(O)C(=O)OCc2c1cc1n(c2=O)Cc2c-1nc1cc(F)c(C)c3c1c2[C@@H](NC(=O)CNC(=O)CNC(=O)[C@H](Cc1ccccc1)NC(=O)CNC(=O)CN)CC3. The van der Waals surface area contributed by atoms with Gasteiger partial charge in [-0.15, -0.1) is 0 Å². The van der Waals surface area contributed by atoms with Crippen LogP contribution in [0.3, 0.4) is 0 Å². The van der Waals surface area contributed by atoms with E-state index in [0.29, 0.717) is 51.8 Å². The van der Waals surface area contributed by atoms with Gasteiger partial charge in [-0.25, -0.2) is 14.2 Å². The molecular formula is C41H43FN8O9. The average Bonchev–Trinajstić information content (AvgIpc) is 3.60. The third-order valence-corrected chi connectivity index (χ3v) is 11.1. The Hall–Kier alpha value is -6.53. The maximum absolute atomic E-state index is 15.3. The number of nitrogens with zero attached hydrogens (tertiary/aromatic N) is 2. The van der Waals surface area contributed by atoms with Crippen LogP contribution in [0.5, 0.6) is 0 Å². The summed E-state index contributed by atoms with van der Waals surface area (Å²) < 4.78 is 22.0. The van der Waals surface area contributed by atoms with Gasteiger partial charge >= 0.3 is 5.97 Å². The minimum absolute atomic E-state index is 0.0409. The Morgan fingerprint density at radius 3 is 2.42 bits per heavy atom. The topological polar surface area (TPSA) is 253 Å². The highest BCUT2D eigenvalue weighted by atomic mass is 19.1. The molecule has 4 aromatic rings. The third kappa shape index (κ3) is 7.75. The molecule has 1 aliphatic carbocycles. The van der Waals surface area contributed by atoms with Gasteiger partial charge in [-0.3, -0.25) is 28.8 Å². The summed E-state index contributed by atoms with van der Waals surface area (Å²) in [6, 6.07) is 10.0. The molecule has 3 aliphatic rings. The summed E-state index contributed by atoms with van der Waals surface area (Å²) in [6.07, 6.45) is 0.817. The normalized spacial score (nSPS) is 17.8. The summed E-state index contributed by atoms with van der Waals surface area (Å²) >= 11 is 0. The van der Waals surface area contributed by atoms with Crippen LogP contribution in [0.4, 0.5) is 4.39 Å². The summed E-state index contributed by atoms with van der Waals surface area (Å²) in [5.41, 5.74) is 7.20. The van der Waals surface area contributed by atoms with Gasteiger partial charge in [0.05, 0.1) is 61.2 Å². The van der Waals surface area contributed by atoms with Crippen LogP contribution in [0, 0.1) is 12.7 Å². The van der Waals surface area contributed by atoms with E-state index in [1.165, 1.54) is 10.6 Å². The Morgan fingerprint density at radius 1 is 0.983 bits per heavy atom. The number of fused-ring (bicyclic) bond motifs is 5. The molecule has 8 N–H and O–H groups in total. The molecule has 2 aromatic heterocycles. The predicted octanol–water partition coefficient (Wildman–Crippen LogP) is -0.335. The number of aryl methyl sites for hydroxylation is 1. The number of nitrogens with one attached hydrogen (secondary N) is 5. The molecule has 0 spiro atoms. The second-order valence-electron chi connectivity index (χ2n) is 14.8. The van der Waals surface area contributed by atoms with E-state index in [9.17, 15) is 38.7 Å². The van der Waals surface area contributed by atoms with Crippen LogP contribution in [0.25, 0.3) is 22.3 Å². The number of hydrogen-bond acceptors (Lipinski definition) is 11. The number of nitrogens with two attached hydrogens (primary N) is 1. The van der Waals surface area contributed by atoms with Crippen LogP contribution in [-0.4, -0.2) is 82.4 Å². The highest BCUT2D eigenvalue weighted by molar-refractivity contribution is 5.95. The predicted molar refractivity (Wildman–Crippen MR) is 209 cm³/mol. The molecule has 17 nitrogen and oxygen atoms in total. The lowest BCUT2D eigenvalue weighted by molar-refractivity contribution is -0.172. The van der Waals surface area contributed by atoms with Crippen LogP contribution < -0.4 is 37.9 Å². The fourth-order valence-electron chi connectivity index (χ4n) is 8.03. The van der Waals surface area contributed by atoms with Crippen LogP contribution in [0.2, 0.25) is 0 Å². The number of ether oxygens (including phenoxy) is 1. The van der Waals surface area contributed by atoms with Gasteiger partial charge in [0.1, 0.15) is 18.5 Å². The number of cyclic esters (lactones) is 1. The van der Waals surface area contributed by atoms with Crippen LogP contribution in [0.1, 0.15) is 64.8 Å². The van der Waals surface area contributed by atoms with Gasteiger partial charge in [-0.2, -0.15) is 0 Å². The number of rotatable bonds is 13. The molecule has 0 bridgehead atoms. The quantitative estimate of drug-likeness (QED) is 0.0758. The number of aromatic nitrogens is 2. The average molecular weight is 811 g/mol. The number of halogens is 1. The Bertz CT molecular complexity index is 2490. The van der Waals surface area contributed by atoms with Crippen LogP contribution >= 0.6 is 0 Å². The van der Waals surface area contributed by atoms with Gasteiger partial charge in [-0.05, 0) is 54.5 Å². The number of hydrogen-bond donors (Lipinski definition) is 7. The second-order valence-corrected chi connectivity index (χ2v) is 14.8. The Morgan fingerprint density at radius 2 is 1.69 bits per heavy atom. The van der Waals surface area contributed by atoms with Crippen molar-refractivity contribution in [3.63, 3.8) is 0 Å². The number of esters is 1. The van der Waals surface area contributed by atoms with E-state index in [0.717, 1.165) is 11.1 Å². The van der Waals surface area contributed by atoms with Gasteiger partial charge < -0.3 is 46.7 Å². The smallest absolute Gasteiger partial charge is 0.343 e. The van der Waals surface area contributed by atoms with Crippen molar-refractivity contribution in [1.82, 2.24) is 36.1 Å². The largest absolute Gasteiger partial charge is 0.458 e. The fraction of sp³-hybridized carbons (Fsp3) is 0.366. The van der Waals surface area contributed by atoms with Crippen molar-refractivity contribution in [2.75, 3.05) is 26.2 Å².